The Hall–Kier alpha value is -1.92. The number of rotatable bonds is 5. The summed E-state index contributed by atoms with van der Waals surface area (Å²) in [5.41, 5.74) is 7.54. The van der Waals surface area contributed by atoms with Gasteiger partial charge < -0.3 is 21.1 Å². The molecule has 1 atom stereocenters. The molecule has 120 valence electrons. The van der Waals surface area contributed by atoms with Gasteiger partial charge in [-0.3, -0.25) is 9.59 Å². The van der Waals surface area contributed by atoms with Crippen molar-refractivity contribution in [2.75, 3.05) is 20.3 Å². The molecule has 2 rings (SSSR count). The van der Waals surface area contributed by atoms with E-state index in [2.05, 4.69) is 10.6 Å². The van der Waals surface area contributed by atoms with Crippen LogP contribution in [0, 0.1) is 5.92 Å². The summed E-state index contributed by atoms with van der Waals surface area (Å²) in [6.07, 6.45) is 1.66. The van der Waals surface area contributed by atoms with Crippen LogP contribution >= 0.6 is 0 Å². The average Bonchev–Trinajstić information content (AvgIpc) is 2.59. The number of carbonyl (C=O) groups is 2. The van der Waals surface area contributed by atoms with E-state index in [0.717, 1.165) is 18.4 Å². The van der Waals surface area contributed by atoms with Gasteiger partial charge in [0.05, 0.1) is 6.04 Å². The van der Waals surface area contributed by atoms with Gasteiger partial charge >= 0.3 is 0 Å². The van der Waals surface area contributed by atoms with E-state index in [1.54, 1.807) is 19.2 Å². The van der Waals surface area contributed by atoms with Crippen molar-refractivity contribution in [3.8, 4) is 0 Å². The molecule has 4 N–H and O–H groups in total. The lowest BCUT2D eigenvalue weighted by molar-refractivity contribution is -0.124. The fraction of sp³-hybridized carbons (Fsp3) is 0.500. The van der Waals surface area contributed by atoms with Gasteiger partial charge in [0, 0.05) is 32.4 Å². The first-order chi connectivity index (χ1) is 10.6. The third-order valence-corrected chi connectivity index (χ3v) is 3.99. The third kappa shape index (κ3) is 4.29. The topological polar surface area (TPSA) is 93.5 Å². The zero-order valence-corrected chi connectivity index (χ0v) is 12.8. The normalized spacial score (nSPS) is 16.8. The highest BCUT2D eigenvalue weighted by Crippen LogP contribution is 2.17. The van der Waals surface area contributed by atoms with Crippen molar-refractivity contribution in [2.45, 2.75) is 25.4 Å². The lowest BCUT2D eigenvalue weighted by atomic mass is 9.92. The maximum atomic E-state index is 12.1. The summed E-state index contributed by atoms with van der Waals surface area (Å²) < 4.78 is 5.28. The zero-order valence-electron chi connectivity index (χ0n) is 12.8. The molecule has 0 spiro atoms. The van der Waals surface area contributed by atoms with Crippen LogP contribution in [0.5, 0.6) is 0 Å². The monoisotopic (exact) mass is 305 g/mol. The first kappa shape index (κ1) is 16.5. The van der Waals surface area contributed by atoms with Crippen LogP contribution in [0.1, 0.15) is 28.8 Å². The molecule has 1 fully saturated rings. The van der Waals surface area contributed by atoms with Crippen LogP contribution in [0.15, 0.2) is 24.3 Å². The Bertz CT molecular complexity index is 510. The summed E-state index contributed by atoms with van der Waals surface area (Å²) in [6.45, 7) is 1.75. The summed E-state index contributed by atoms with van der Waals surface area (Å²) >= 11 is 0. The number of amides is 2. The first-order valence-electron chi connectivity index (χ1n) is 7.54. The Balaban J connectivity index is 1.83. The molecule has 0 bridgehead atoms. The van der Waals surface area contributed by atoms with Gasteiger partial charge in [-0.2, -0.15) is 0 Å². The number of benzene rings is 1. The lowest BCUT2D eigenvalue weighted by Crippen LogP contribution is -2.46. The number of hydrogen-bond donors (Lipinski definition) is 3. The van der Waals surface area contributed by atoms with Crippen molar-refractivity contribution < 1.29 is 14.3 Å². The van der Waals surface area contributed by atoms with E-state index in [1.807, 2.05) is 12.1 Å². The maximum Gasteiger partial charge on any atom is 0.251 e. The largest absolute Gasteiger partial charge is 0.381 e. The maximum absolute atomic E-state index is 12.1. The van der Waals surface area contributed by atoms with Crippen LogP contribution in [-0.4, -0.2) is 38.1 Å². The number of ether oxygens (including phenoxy) is 1. The van der Waals surface area contributed by atoms with E-state index >= 15 is 0 Å². The third-order valence-electron chi connectivity index (χ3n) is 3.99. The molecule has 1 aliphatic rings. The Kier molecular flexibility index (Phi) is 5.91. The molecule has 1 unspecified atom stereocenters. The van der Waals surface area contributed by atoms with Crippen molar-refractivity contribution in [2.24, 2.45) is 11.7 Å². The quantitative estimate of drug-likeness (QED) is 0.735. The minimum Gasteiger partial charge on any atom is -0.381 e. The van der Waals surface area contributed by atoms with Crippen molar-refractivity contribution in [1.29, 1.82) is 0 Å². The van der Waals surface area contributed by atoms with Gasteiger partial charge in [0.15, 0.2) is 0 Å². The van der Waals surface area contributed by atoms with Gasteiger partial charge in [0.25, 0.3) is 5.91 Å². The molecular formula is C16H23N3O3. The molecule has 6 heteroatoms. The molecule has 1 aromatic carbocycles. The van der Waals surface area contributed by atoms with Crippen LogP contribution in [0.3, 0.4) is 0 Å². The molecule has 2 amide bonds. The molecule has 1 aliphatic heterocycles. The first-order valence-corrected chi connectivity index (χ1v) is 7.54. The van der Waals surface area contributed by atoms with E-state index in [-0.39, 0.29) is 17.7 Å². The average molecular weight is 305 g/mol. The molecule has 0 aliphatic carbocycles. The van der Waals surface area contributed by atoms with Gasteiger partial charge in [-0.05, 0) is 36.5 Å². The minimum absolute atomic E-state index is 0.128. The molecule has 22 heavy (non-hydrogen) atoms. The van der Waals surface area contributed by atoms with E-state index in [1.165, 1.54) is 0 Å². The van der Waals surface area contributed by atoms with Crippen LogP contribution < -0.4 is 16.4 Å². The summed E-state index contributed by atoms with van der Waals surface area (Å²) in [5, 5.41) is 5.42. The second-order valence-corrected chi connectivity index (χ2v) is 5.47. The van der Waals surface area contributed by atoms with Gasteiger partial charge in [-0.15, -0.1) is 0 Å². The van der Waals surface area contributed by atoms with Crippen molar-refractivity contribution in [3.63, 3.8) is 0 Å². The molecular weight excluding hydrogens is 282 g/mol. The fourth-order valence-electron chi connectivity index (χ4n) is 2.51. The van der Waals surface area contributed by atoms with Crippen molar-refractivity contribution in [3.05, 3.63) is 35.4 Å². The number of nitrogens with two attached hydrogens (primary N) is 1. The van der Waals surface area contributed by atoms with Gasteiger partial charge in [-0.25, -0.2) is 0 Å². The summed E-state index contributed by atoms with van der Waals surface area (Å²) in [6, 6.07) is 6.63. The highest BCUT2D eigenvalue weighted by molar-refractivity contribution is 5.93. The van der Waals surface area contributed by atoms with E-state index < -0.39 is 6.04 Å². The van der Waals surface area contributed by atoms with Crippen LogP contribution in [-0.2, 0) is 16.1 Å². The Morgan fingerprint density at radius 1 is 1.27 bits per heavy atom. The van der Waals surface area contributed by atoms with E-state index in [0.29, 0.717) is 25.3 Å². The Labute approximate surface area is 130 Å². The number of nitrogens with one attached hydrogen (secondary N) is 2. The van der Waals surface area contributed by atoms with Gasteiger partial charge in [-0.1, -0.05) is 12.1 Å². The van der Waals surface area contributed by atoms with Crippen molar-refractivity contribution >= 4 is 11.8 Å². The van der Waals surface area contributed by atoms with Crippen LogP contribution in [0.25, 0.3) is 0 Å². The fourth-order valence-corrected chi connectivity index (χ4v) is 2.51. The van der Waals surface area contributed by atoms with E-state index in [9.17, 15) is 9.59 Å². The molecule has 1 saturated heterocycles. The molecule has 6 nitrogen and oxygen atoms in total. The van der Waals surface area contributed by atoms with Gasteiger partial charge in [0.1, 0.15) is 0 Å². The van der Waals surface area contributed by atoms with Gasteiger partial charge in [0.2, 0.25) is 5.91 Å². The minimum atomic E-state index is -0.492. The SMILES string of the molecule is CNC(=O)c1ccc(CNC(=O)C(N)C2CCOCC2)cc1. The highest BCUT2D eigenvalue weighted by Gasteiger charge is 2.26. The second-order valence-electron chi connectivity index (χ2n) is 5.47. The predicted octanol–water partition coefficient (Wildman–Crippen LogP) is 0.416. The molecule has 0 radical (unpaired) electrons. The molecule has 1 aromatic rings. The molecule has 0 aromatic heterocycles. The molecule has 0 saturated carbocycles. The summed E-state index contributed by atoms with van der Waals surface area (Å²) in [5.74, 6) is -0.0798. The predicted molar refractivity (Wildman–Crippen MR) is 83.2 cm³/mol. The highest BCUT2D eigenvalue weighted by atomic mass is 16.5. The van der Waals surface area contributed by atoms with Crippen LogP contribution in [0.4, 0.5) is 0 Å². The van der Waals surface area contributed by atoms with Crippen molar-refractivity contribution in [1.82, 2.24) is 10.6 Å². The van der Waals surface area contributed by atoms with Crippen LogP contribution in [0.2, 0.25) is 0 Å². The summed E-state index contributed by atoms with van der Waals surface area (Å²) in [4.78, 5) is 23.5. The smallest absolute Gasteiger partial charge is 0.251 e. The lowest BCUT2D eigenvalue weighted by Gasteiger charge is -2.26. The Morgan fingerprint density at radius 3 is 2.50 bits per heavy atom. The Morgan fingerprint density at radius 2 is 1.91 bits per heavy atom. The second kappa shape index (κ2) is 7.91. The zero-order chi connectivity index (χ0) is 15.9. The number of carbonyl (C=O) groups excluding carboxylic acids is 2. The standard InChI is InChI=1S/C16H23N3O3/c1-18-15(20)13-4-2-11(3-5-13)10-19-16(21)14(17)12-6-8-22-9-7-12/h2-5,12,14H,6-10,17H2,1H3,(H,18,20)(H,19,21). The number of hydrogen-bond acceptors (Lipinski definition) is 4. The summed E-state index contributed by atoms with van der Waals surface area (Å²) in [7, 11) is 1.59. The molecule has 1 heterocycles. The van der Waals surface area contributed by atoms with E-state index in [4.69, 9.17) is 10.5 Å².